The molecule has 0 aliphatic carbocycles. The van der Waals surface area contributed by atoms with Gasteiger partial charge in [0.05, 0.1) is 32.0 Å². The lowest BCUT2D eigenvalue weighted by atomic mass is 9.94. The van der Waals surface area contributed by atoms with Crippen molar-refractivity contribution in [2.45, 2.75) is 174 Å². The number of rotatable bonds is 12. The third-order valence-corrected chi connectivity index (χ3v) is 10.6. The SMILES string of the molecule is CC(=O)N[C@H]1[C@@H](O[C@H]2[C@@H](O)[C@@H](CO)O[C@@H](O[C@H]3[C@@H](O)[C@@H](CO)OC(O)[C@@H]3O[C@@H]3O[C@@H](C)[C@@H](O)[C@@H](O)[C@@H]3O)[C@@H]2O[C@@H]2O[C@@H](C)[C@@H](O)[C@@H](O)[C@@H]2O)O[C@H](CO)[C@H](O)[C@@H]1O. The number of aliphatic hydroxyl groups is 14. The second-order valence-corrected chi connectivity index (χ2v) is 14.7. The van der Waals surface area contributed by atoms with Crippen molar-refractivity contribution in [1.29, 1.82) is 0 Å². The lowest BCUT2D eigenvalue weighted by Crippen LogP contribution is -2.70. The maximum atomic E-state index is 12.2. The van der Waals surface area contributed by atoms with Crippen LogP contribution in [0.4, 0.5) is 0 Å². The van der Waals surface area contributed by atoms with Crippen LogP contribution in [0.25, 0.3) is 0 Å². The highest BCUT2D eigenvalue weighted by Crippen LogP contribution is 2.37. The minimum Gasteiger partial charge on any atom is -0.394 e. The van der Waals surface area contributed by atoms with Gasteiger partial charge in [0.25, 0.3) is 0 Å². The van der Waals surface area contributed by atoms with Gasteiger partial charge in [-0.25, -0.2) is 0 Å². The third kappa shape index (κ3) is 9.71. The number of hydrogen-bond donors (Lipinski definition) is 15. The largest absolute Gasteiger partial charge is 0.394 e. The molecule has 0 aromatic carbocycles. The number of ether oxygens (including phenoxy) is 9. The second kappa shape index (κ2) is 19.5. The van der Waals surface area contributed by atoms with E-state index in [4.69, 9.17) is 42.6 Å². The highest BCUT2D eigenvalue weighted by atomic mass is 16.8. The highest BCUT2D eigenvalue weighted by Gasteiger charge is 2.58. The maximum Gasteiger partial charge on any atom is 0.217 e. The molecule has 25 atom stereocenters. The Morgan fingerprint density at radius 2 is 0.860 bits per heavy atom. The minimum absolute atomic E-state index is 0.749. The number of nitrogens with one attached hydrogen (secondary N) is 1. The molecule has 1 amide bonds. The Hall–Kier alpha value is -1.45. The van der Waals surface area contributed by atoms with Crippen molar-refractivity contribution in [1.82, 2.24) is 5.32 Å². The predicted molar refractivity (Wildman–Crippen MR) is 175 cm³/mol. The predicted octanol–water partition coefficient (Wildman–Crippen LogP) is -9.73. The number of amides is 1. The average Bonchev–Trinajstić information content (AvgIpc) is 3.17. The topological polar surface area (TPSA) is 395 Å². The van der Waals surface area contributed by atoms with Gasteiger partial charge in [0.15, 0.2) is 31.5 Å². The Bertz CT molecular complexity index is 1290. The summed E-state index contributed by atoms with van der Waals surface area (Å²) in [6.45, 7) is 0.923. The molecule has 5 fully saturated rings. The van der Waals surface area contributed by atoms with E-state index in [-0.39, 0.29) is 0 Å². The lowest BCUT2D eigenvalue weighted by molar-refractivity contribution is -0.409. The summed E-state index contributed by atoms with van der Waals surface area (Å²) in [7, 11) is 0. The molecule has 5 saturated heterocycles. The normalized spacial score (nSPS) is 52.3. The van der Waals surface area contributed by atoms with Crippen LogP contribution >= 0.6 is 0 Å². The summed E-state index contributed by atoms with van der Waals surface area (Å²) >= 11 is 0. The molecule has 5 aliphatic heterocycles. The first-order valence-electron chi connectivity index (χ1n) is 18.3. The molecule has 0 saturated carbocycles. The van der Waals surface area contributed by atoms with Gasteiger partial charge in [-0.05, 0) is 13.8 Å². The van der Waals surface area contributed by atoms with Gasteiger partial charge in [-0.2, -0.15) is 0 Å². The van der Waals surface area contributed by atoms with E-state index in [9.17, 15) is 76.3 Å². The van der Waals surface area contributed by atoms with Crippen LogP contribution in [0.3, 0.4) is 0 Å². The molecular formula is C32H55NO24. The van der Waals surface area contributed by atoms with E-state index >= 15 is 0 Å². The number of hydrogen-bond acceptors (Lipinski definition) is 24. The molecule has 0 aromatic heterocycles. The first-order chi connectivity index (χ1) is 26.8. The van der Waals surface area contributed by atoms with Crippen molar-refractivity contribution in [2.24, 2.45) is 0 Å². The summed E-state index contributed by atoms with van der Waals surface area (Å²) in [6.07, 6.45) is -43.0. The molecule has 25 nitrogen and oxygen atoms in total. The van der Waals surface area contributed by atoms with Crippen molar-refractivity contribution < 1.29 is 119 Å². The van der Waals surface area contributed by atoms with Crippen LogP contribution in [-0.4, -0.2) is 251 Å². The molecule has 5 rings (SSSR count). The molecule has 0 radical (unpaired) electrons. The number of carbonyl (C=O) groups excluding carboxylic acids is 1. The molecule has 5 aliphatic rings. The fourth-order valence-corrected chi connectivity index (χ4v) is 7.27. The molecular weight excluding hydrogens is 782 g/mol. The quantitative estimate of drug-likeness (QED) is 0.0867. The Kier molecular flexibility index (Phi) is 16.0. The van der Waals surface area contributed by atoms with Gasteiger partial charge in [0.2, 0.25) is 5.91 Å². The second-order valence-electron chi connectivity index (χ2n) is 14.7. The maximum absolute atomic E-state index is 12.2. The third-order valence-electron chi connectivity index (χ3n) is 10.6. The van der Waals surface area contributed by atoms with Crippen molar-refractivity contribution in [3.63, 3.8) is 0 Å². The van der Waals surface area contributed by atoms with Crippen LogP contribution in [0.1, 0.15) is 20.8 Å². The molecule has 5 heterocycles. The fraction of sp³-hybridized carbons (Fsp3) is 0.969. The molecule has 0 aromatic rings. The van der Waals surface area contributed by atoms with Gasteiger partial charge in [0.1, 0.15) is 110 Å². The summed E-state index contributed by atoms with van der Waals surface area (Å²) in [5.41, 5.74) is 0. The first kappa shape index (κ1) is 46.6. The Morgan fingerprint density at radius 3 is 1.35 bits per heavy atom. The molecule has 57 heavy (non-hydrogen) atoms. The van der Waals surface area contributed by atoms with Gasteiger partial charge >= 0.3 is 0 Å². The zero-order valence-electron chi connectivity index (χ0n) is 30.9. The van der Waals surface area contributed by atoms with Crippen molar-refractivity contribution in [3.8, 4) is 0 Å². The minimum atomic E-state index is -2.10. The van der Waals surface area contributed by atoms with Gasteiger partial charge in [-0.1, -0.05) is 0 Å². The lowest BCUT2D eigenvalue weighted by Gasteiger charge is -2.51. The summed E-state index contributed by atoms with van der Waals surface area (Å²) in [5, 5.41) is 151. The van der Waals surface area contributed by atoms with E-state index in [0.717, 1.165) is 6.92 Å². The van der Waals surface area contributed by atoms with E-state index in [0.29, 0.717) is 0 Å². The van der Waals surface area contributed by atoms with Crippen LogP contribution in [0.5, 0.6) is 0 Å². The van der Waals surface area contributed by atoms with Crippen molar-refractivity contribution in [3.05, 3.63) is 0 Å². The molecule has 15 N–H and O–H groups in total. The van der Waals surface area contributed by atoms with Gasteiger partial charge in [-0.15, -0.1) is 0 Å². The zero-order chi connectivity index (χ0) is 42.2. The van der Waals surface area contributed by atoms with Gasteiger partial charge in [-0.3, -0.25) is 4.79 Å². The number of aliphatic hydroxyl groups excluding tert-OH is 14. The van der Waals surface area contributed by atoms with Crippen LogP contribution in [0.15, 0.2) is 0 Å². The molecule has 0 spiro atoms. The number of carbonyl (C=O) groups is 1. The van der Waals surface area contributed by atoms with Crippen LogP contribution < -0.4 is 5.32 Å². The van der Waals surface area contributed by atoms with Crippen LogP contribution in [-0.2, 0) is 47.4 Å². The van der Waals surface area contributed by atoms with Crippen molar-refractivity contribution >= 4 is 5.91 Å². The molecule has 332 valence electrons. The van der Waals surface area contributed by atoms with Crippen molar-refractivity contribution in [2.75, 3.05) is 19.8 Å². The van der Waals surface area contributed by atoms with E-state index in [1.807, 2.05) is 0 Å². The van der Waals surface area contributed by atoms with E-state index in [1.54, 1.807) is 0 Å². The molecule has 25 heteroatoms. The van der Waals surface area contributed by atoms with Crippen LogP contribution in [0.2, 0.25) is 0 Å². The highest BCUT2D eigenvalue weighted by molar-refractivity contribution is 5.73. The first-order valence-corrected chi connectivity index (χ1v) is 18.3. The van der Waals surface area contributed by atoms with E-state index in [2.05, 4.69) is 5.32 Å². The molecule has 1 unspecified atom stereocenters. The van der Waals surface area contributed by atoms with Gasteiger partial charge < -0.3 is 119 Å². The summed E-state index contributed by atoms with van der Waals surface area (Å²) in [5.74, 6) is -0.749. The van der Waals surface area contributed by atoms with Crippen LogP contribution in [0, 0.1) is 0 Å². The summed E-state index contributed by atoms with van der Waals surface area (Å²) < 4.78 is 51.9. The Balaban J connectivity index is 1.54. The zero-order valence-corrected chi connectivity index (χ0v) is 30.9. The summed E-state index contributed by atoms with van der Waals surface area (Å²) in [4.78, 5) is 12.2. The Morgan fingerprint density at radius 1 is 0.456 bits per heavy atom. The summed E-state index contributed by atoms with van der Waals surface area (Å²) in [6, 6.07) is -1.61. The smallest absolute Gasteiger partial charge is 0.217 e. The monoisotopic (exact) mass is 837 g/mol. The van der Waals surface area contributed by atoms with E-state index < -0.39 is 179 Å². The van der Waals surface area contributed by atoms with E-state index in [1.165, 1.54) is 13.8 Å². The average molecular weight is 838 g/mol. The standard InChI is InChI=1S/C32H55NO24/c1-7-14(38)20(44)22(46)30(49-7)56-26-24(17(41)11(5-35)51-28(26)48)55-32-27(57-31-23(47)21(45)15(39)8(2)50-31)25(18(42)12(6-36)53-32)54-29-13(33-9(3)37)19(43)16(40)10(4-34)52-29/h7-8,10-32,34-36,38-48H,4-6H2,1-3H3,(H,33,37)/t7-,8-,10+,11+,12+,13+,14+,15+,16-,17-,18-,19+,20+,21+,22-,23-,24-,25-,26+,27+,28?,29+,30-,31-,32-/m0/s1. The Labute approximate surface area is 324 Å². The van der Waals surface area contributed by atoms with Gasteiger partial charge in [0, 0.05) is 6.92 Å². The molecule has 0 bridgehead atoms. The fourth-order valence-electron chi connectivity index (χ4n) is 7.27.